The van der Waals surface area contributed by atoms with Gasteiger partial charge in [0.25, 0.3) is 0 Å². The van der Waals surface area contributed by atoms with Crippen LogP contribution in [0.1, 0.15) is 12.8 Å². The quantitative estimate of drug-likeness (QED) is 0.643. The van der Waals surface area contributed by atoms with Crippen molar-refractivity contribution < 1.29 is 9.53 Å². The van der Waals surface area contributed by atoms with E-state index in [0.717, 1.165) is 22.2 Å². The third kappa shape index (κ3) is 4.00. The average Bonchev–Trinajstić information content (AvgIpc) is 3.19. The highest BCUT2D eigenvalue weighted by Gasteiger charge is 2.29. The summed E-state index contributed by atoms with van der Waals surface area (Å²) in [5.41, 5.74) is 0. The summed E-state index contributed by atoms with van der Waals surface area (Å²) in [7, 11) is 1.44. The van der Waals surface area contributed by atoms with Gasteiger partial charge in [-0.05, 0) is 40.9 Å². The molecule has 0 aliphatic heterocycles. The van der Waals surface area contributed by atoms with Crippen molar-refractivity contribution in [2.45, 2.75) is 29.8 Å². The highest BCUT2D eigenvalue weighted by molar-refractivity contribution is 9.10. The third-order valence-electron chi connectivity index (χ3n) is 2.74. The van der Waals surface area contributed by atoms with Crippen molar-refractivity contribution in [3.8, 4) is 0 Å². The van der Waals surface area contributed by atoms with Crippen LogP contribution in [0.4, 0.5) is 0 Å². The molecular formula is C13H16BrNO2S. The first kappa shape index (κ1) is 13.9. The molecule has 0 amide bonds. The highest BCUT2D eigenvalue weighted by Crippen LogP contribution is 2.28. The molecule has 0 saturated heterocycles. The molecule has 1 aliphatic rings. The fourth-order valence-electron chi connectivity index (χ4n) is 1.60. The first-order valence-electron chi connectivity index (χ1n) is 5.92. The molecule has 98 valence electrons. The van der Waals surface area contributed by atoms with Crippen molar-refractivity contribution in [2.24, 2.45) is 0 Å². The number of carbonyl (C=O) groups is 1. The number of carbonyl (C=O) groups excluding carboxylic acids is 1. The van der Waals surface area contributed by atoms with Crippen molar-refractivity contribution in [1.29, 1.82) is 0 Å². The maximum absolute atomic E-state index is 11.7. The fraction of sp³-hybridized carbons (Fsp3) is 0.462. The second-order valence-electron chi connectivity index (χ2n) is 4.26. The number of benzene rings is 1. The Bertz CT molecular complexity index is 423. The lowest BCUT2D eigenvalue weighted by atomic mass is 10.3. The molecule has 0 bridgehead atoms. The minimum atomic E-state index is -0.223. The predicted octanol–water partition coefficient (Wildman–Crippen LogP) is 2.83. The zero-order valence-electron chi connectivity index (χ0n) is 10.2. The number of rotatable bonds is 6. The smallest absolute Gasteiger partial charge is 0.323 e. The first-order chi connectivity index (χ1) is 8.70. The van der Waals surface area contributed by atoms with Gasteiger partial charge in [-0.3, -0.25) is 4.79 Å². The number of thioether (sulfide) groups is 1. The topological polar surface area (TPSA) is 38.3 Å². The molecule has 0 aromatic heterocycles. The van der Waals surface area contributed by atoms with Crippen LogP contribution in [0.3, 0.4) is 0 Å². The van der Waals surface area contributed by atoms with Crippen LogP contribution in [0.25, 0.3) is 0 Å². The van der Waals surface area contributed by atoms with Crippen LogP contribution in [-0.2, 0) is 9.53 Å². The number of nitrogens with one attached hydrogen (secondary N) is 1. The van der Waals surface area contributed by atoms with Gasteiger partial charge in [0.15, 0.2) is 0 Å². The predicted molar refractivity (Wildman–Crippen MR) is 76.8 cm³/mol. The summed E-state index contributed by atoms with van der Waals surface area (Å²) in [5, 5.41) is 3.32. The van der Waals surface area contributed by atoms with Gasteiger partial charge in [-0.15, -0.1) is 11.8 Å². The zero-order chi connectivity index (χ0) is 13.0. The van der Waals surface area contributed by atoms with E-state index in [1.807, 2.05) is 24.3 Å². The Morgan fingerprint density at radius 1 is 1.56 bits per heavy atom. The maximum Gasteiger partial charge on any atom is 0.323 e. The van der Waals surface area contributed by atoms with Gasteiger partial charge >= 0.3 is 5.97 Å². The molecule has 1 aliphatic carbocycles. The Labute approximate surface area is 120 Å². The number of methoxy groups -OCH3 is 1. The van der Waals surface area contributed by atoms with Gasteiger partial charge in [0.2, 0.25) is 0 Å². The van der Waals surface area contributed by atoms with Gasteiger partial charge in [-0.2, -0.15) is 0 Å². The molecule has 1 unspecified atom stereocenters. The summed E-state index contributed by atoms with van der Waals surface area (Å²) in [6, 6.07) is 8.29. The molecular weight excluding hydrogens is 314 g/mol. The molecule has 5 heteroatoms. The van der Waals surface area contributed by atoms with E-state index in [1.54, 1.807) is 11.8 Å². The van der Waals surface area contributed by atoms with Crippen LogP contribution in [0.2, 0.25) is 0 Å². The Morgan fingerprint density at radius 3 is 2.89 bits per heavy atom. The number of halogens is 1. The minimum absolute atomic E-state index is 0.179. The molecule has 0 radical (unpaired) electrons. The number of esters is 1. The normalized spacial score (nSPS) is 16.3. The van der Waals surface area contributed by atoms with Gasteiger partial charge < -0.3 is 10.1 Å². The molecule has 3 nitrogen and oxygen atoms in total. The van der Waals surface area contributed by atoms with Gasteiger partial charge in [-0.25, -0.2) is 0 Å². The standard InChI is InChI=1S/C13H16BrNO2S/c1-17-13(16)11(15-9-6-7-9)8-18-12-5-3-2-4-10(12)14/h2-5,9,11,15H,6-8H2,1H3. The largest absolute Gasteiger partial charge is 0.468 e. The van der Waals surface area contributed by atoms with Crippen molar-refractivity contribution in [3.05, 3.63) is 28.7 Å². The average molecular weight is 330 g/mol. The summed E-state index contributed by atoms with van der Waals surface area (Å²) in [5.74, 6) is 0.507. The Hall–Kier alpha value is -0.520. The van der Waals surface area contributed by atoms with Crippen LogP contribution in [0.5, 0.6) is 0 Å². The maximum atomic E-state index is 11.7. The van der Waals surface area contributed by atoms with E-state index in [-0.39, 0.29) is 12.0 Å². The van der Waals surface area contributed by atoms with Gasteiger partial charge in [0.05, 0.1) is 7.11 Å². The van der Waals surface area contributed by atoms with Crippen molar-refractivity contribution in [3.63, 3.8) is 0 Å². The summed E-state index contributed by atoms with van der Waals surface area (Å²) in [6.07, 6.45) is 2.32. The van der Waals surface area contributed by atoms with Gasteiger partial charge in [0.1, 0.15) is 6.04 Å². The molecule has 2 rings (SSSR count). The molecule has 1 aromatic rings. The van der Waals surface area contributed by atoms with E-state index >= 15 is 0 Å². The monoisotopic (exact) mass is 329 g/mol. The summed E-state index contributed by atoms with van der Waals surface area (Å²) < 4.78 is 5.89. The Kier molecular flexibility index (Phi) is 5.09. The highest BCUT2D eigenvalue weighted by atomic mass is 79.9. The van der Waals surface area contributed by atoms with Gasteiger partial charge in [0, 0.05) is 21.2 Å². The Morgan fingerprint density at radius 2 is 2.28 bits per heavy atom. The minimum Gasteiger partial charge on any atom is -0.468 e. The van der Waals surface area contributed by atoms with Crippen molar-refractivity contribution >= 4 is 33.7 Å². The summed E-state index contributed by atoms with van der Waals surface area (Å²) >= 11 is 5.16. The lowest BCUT2D eigenvalue weighted by molar-refractivity contribution is -0.142. The first-order valence-corrected chi connectivity index (χ1v) is 7.69. The van der Waals surface area contributed by atoms with Crippen molar-refractivity contribution in [2.75, 3.05) is 12.9 Å². The number of hydrogen-bond acceptors (Lipinski definition) is 4. The van der Waals surface area contributed by atoms with E-state index in [1.165, 1.54) is 7.11 Å². The van der Waals surface area contributed by atoms with E-state index in [2.05, 4.69) is 21.2 Å². The zero-order valence-corrected chi connectivity index (χ0v) is 12.6. The van der Waals surface area contributed by atoms with E-state index in [4.69, 9.17) is 4.74 Å². The van der Waals surface area contributed by atoms with Crippen LogP contribution in [-0.4, -0.2) is 30.9 Å². The third-order valence-corrected chi connectivity index (χ3v) is 4.86. The van der Waals surface area contributed by atoms with Crippen LogP contribution in [0, 0.1) is 0 Å². The van der Waals surface area contributed by atoms with Gasteiger partial charge in [-0.1, -0.05) is 12.1 Å². The summed E-state index contributed by atoms with van der Waals surface area (Å²) in [6.45, 7) is 0. The molecule has 0 heterocycles. The fourth-order valence-corrected chi connectivity index (χ4v) is 3.18. The molecule has 1 atom stereocenters. The molecule has 1 aromatic carbocycles. The molecule has 18 heavy (non-hydrogen) atoms. The van der Waals surface area contributed by atoms with Crippen LogP contribution in [0.15, 0.2) is 33.6 Å². The van der Waals surface area contributed by atoms with Crippen LogP contribution >= 0.6 is 27.7 Å². The Balaban J connectivity index is 1.92. The molecule has 1 N–H and O–H groups in total. The second-order valence-corrected chi connectivity index (χ2v) is 6.17. The second kappa shape index (κ2) is 6.59. The van der Waals surface area contributed by atoms with E-state index < -0.39 is 0 Å². The summed E-state index contributed by atoms with van der Waals surface area (Å²) in [4.78, 5) is 12.8. The SMILES string of the molecule is COC(=O)C(CSc1ccccc1Br)NC1CC1. The molecule has 1 fully saturated rings. The van der Waals surface area contributed by atoms with E-state index in [0.29, 0.717) is 11.8 Å². The number of hydrogen-bond donors (Lipinski definition) is 1. The van der Waals surface area contributed by atoms with Crippen LogP contribution < -0.4 is 5.32 Å². The molecule has 1 saturated carbocycles. The van der Waals surface area contributed by atoms with Crippen molar-refractivity contribution in [1.82, 2.24) is 5.32 Å². The lowest BCUT2D eigenvalue weighted by Crippen LogP contribution is -2.40. The van der Waals surface area contributed by atoms with E-state index in [9.17, 15) is 4.79 Å². The molecule has 0 spiro atoms. The lowest BCUT2D eigenvalue weighted by Gasteiger charge is -2.16. The number of ether oxygens (including phenoxy) is 1.